The number of nitrogens with two attached hydrogens (primary N) is 1. The lowest BCUT2D eigenvalue weighted by Gasteiger charge is -2.27. The zero-order valence-electron chi connectivity index (χ0n) is 10.5. The third-order valence-corrected chi connectivity index (χ3v) is 3.28. The molecule has 0 spiro atoms. The number of rotatable bonds is 6. The Kier molecular flexibility index (Phi) is 5.95. The van der Waals surface area contributed by atoms with Crippen molar-refractivity contribution in [3.63, 3.8) is 0 Å². The number of halogens is 1. The lowest BCUT2D eigenvalue weighted by molar-refractivity contribution is 0.289. The summed E-state index contributed by atoms with van der Waals surface area (Å²) in [6.07, 6.45) is 0.780. The van der Waals surface area contributed by atoms with Crippen LogP contribution in [0.1, 0.15) is 31.9 Å². The maximum Gasteiger partial charge on any atom is 0.0447 e. The average molecular weight is 301 g/mol. The first-order chi connectivity index (χ1) is 8.10. The van der Waals surface area contributed by atoms with Crippen LogP contribution < -0.4 is 10.6 Å². The molecule has 1 aromatic carbocycles. The van der Waals surface area contributed by atoms with E-state index < -0.39 is 0 Å². The number of hydrogen-bond acceptors (Lipinski definition) is 3. The van der Waals surface area contributed by atoms with Gasteiger partial charge in [0, 0.05) is 35.9 Å². The number of aliphatic hydroxyl groups is 1. The van der Waals surface area contributed by atoms with Crippen molar-refractivity contribution in [2.75, 3.05) is 24.6 Å². The molecule has 3 N–H and O–H groups in total. The Morgan fingerprint density at radius 3 is 2.71 bits per heavy atom. The smallest absolute Gasteiger partial charge is 0.0447 e. The summed E-state index contributed by atoms with van der Waals surface area (Å²) in [7, 11) is 0. The van der Waals surface area contributed by atoms with Crippen molar-refractivity contribution in [3.05, 3.63) is 28.2 Å². The number of aliphatic hydroxyl groups excluding tert-OH is 1. The summed E-state index contributed by atoms with van der Waals surface area (Å²) in [6, 6.07) is 6.19. The van der Waals surface area contributed by atoms with E-state index in [1.54, 1.807) is 0 Å². The van der Waals surface area contributed by atoms with Crippen LogP contribution >= 0.6 is 15.9 Å². The summed E-state index contributed by atoms with van der Waals surface area (Å²) < 4.78 is 1.05. The first-order valence-corrected chi connectivity index (χ1v) is 6.80. The molecule has 0 amide bonds. The normalized spacial score (nSPS) is 12.5. The molecule has 0 aliphatic carbocycles. The van der Waals surface area contributed by atoms with E-state index in [4.69, 9.17) is 10.8 Å². The molecule has 0 aliphatic heterocycles. The first kappa shape index (κ1) is 14.5. The lowest BCUT2D eigenvalue weighted by atomic mass is 10.1. The predicted octanol–water partition coefficient (Wildman–Crippen LogP) is 2.68. The van der Waals surface area contributed by atoms with E-state index in [0.717, 1.165) is 29.5 Å². The zero-order valence-corrected chi connectivity index (χ0v) is 12.1. The highest BCUT2D eigenvalue weighted by molar-refractivity contribution is 9.10. The van der Waals surface area contributed by atoms with E-state index in [1.165, 1.54) is 5.69 Å². The molecule has 3 nitrogen and oxygen atoms in total. The van der Waals surface area contributed by atoms with Gasteiger partial charge in [-0.2, -0.15) is 0 Å². The van der Waals surface area contributed by atoms with Crippen LogP contribution in [0.5, 0.6) is 0 Å². The zero-order chi connectivity index (χ0) is 12.8. The lowest BCUT2D eigenvalue weighted by Crippen LogP contribution is -2.26. The largest absolute Gasteiger partial charge is 0.396 e. The molecule has 17 heavy (non-hydrogen) atoms. The number of nitrogens with zero attached hydrogens (tertiary/aromatic N) is 1. The van der Waals surface area contributed by atoms with Crippen molar-refractivity contribution in [1.29, 1.82) is 0 Å². The molecule has 96 valence electrons. The third-order valence-electron chi connectivity index (χ3n) is 2.79. The summed E-state index contributed by atoms with van der Waals surface area (Å²) in [5.41, 5.74) is 8.31. The first-order valence-electron chi connectivity index (χ1n) is 6.01. The van der Waals surface area contributed by atoms with E-state index >= 15 is 0 Å². The molecule has 0 radical (unpaired) electrons. The van der Waals surface area contributed by atoms with Gasteiger partial charge in [0.2, 0.25) is 0 Å². The fourth-order valence-electron chi connectivity index (χ4n) is 1.89. The second-order valence-electron chi connectivity index (χ2n) is 4.15. The molecule has 4 heteroatoms. The van der Waals surface area contributed by atoms with Gasteiger partial charge in [0.15, 0.2) is 0 Å². The van der Waals surface area contributed by atoms with Crippen molar-refractivity contribution < 1.29 is 5.11 Å². The molecule has 1 rings (SSSR count). The minimum atomic E-state index is 0.00526. The maximum atomic E-state index is 8.92. The monoisotopic (exact) mass is 300 g/mol. The quantitative estimate of drug-likeness (QED) is 0.849. The average Bonchev–Trinajstić information content (AvgIpc) is 2.31. The van der Waals surface area contributed by atoms with Gasteiger partial charge in [0.05, 0.1) is 0 Å². The molecule has 1 unspecified atom stereocenters. The molecule has 0 fully saturated rings. The SMILES string of the molecule is CCN(CCCO)c1ccc(Br)cc1C(C)N. The molecule has 0 saturated carbocycles. The van der Waals surface area contributed by atoms with E-state index in [1.807, 2.05) is 13.0 Å². The molecular formula is C13H21BrN2O. The summed E-state index contributed by atoms with van der Waals surface area (Å²) in [5, 5.41) is 8.92. The van der Waals surface area contributed by atoms with Crippen LogP contribution in [0.15, 0.2) is 22.7 Å². The van der Waals surface area contributed by atoms with Gasteiger partial charge in [-0.3, -0.25) is 0 Å². The van der Waals surface area contributed by atoms with Crippen LogP contribution in [-0.2, 0) is 0 Å². The van der Waals surface area contributed by atoms with Crippen LogP contribution in [0.3, 0.4) is 0 Å². The molecular weight excluding hydrogens is 280 g/mol. The summed E-state index contributed by atoms with van der Waals surface area (Å²) >= 11 is 3.47. The van der Waals surface area contributed by atoms with Crippen LogP contribution in [0.2, 0.25) is 0 Å². The van der Waals surface area contributed by atoms with Crippen molar-refractivity contribution in [2.45, 2.75) is 26.3 Å². The fraction of sp³-hybridized carbons (Fsp3) is 0.538. The van der Waals surface area contributed by atoms with Gasteiger partial charge < -0.3 is 15.7 Å². The summed E-state index contributed by atoms with van der Waals surface area (Å²) in [6.45, 7) is 6.10. The number of hydrogen-bond donors (Lipinski definition) is 2. The maximum absolute atomic E-state index is 8.92. The van der Waals surface area contributed by atoms with Gasteiger partial charge in [-0.15, -0.1) is 0 Å². The number of anilines is 1. The highest BCUT2D eigenvalue weighted by Crippen LogP contribution is 2.28. The molecule has 0 aromatic heterocycles. The van der Waals surface area contributed by atoms with Crippen LogP contribution in [0.4, 0.5) is 5.69 Å². The van der Waals surface area contributed by atoms with Crippen LogP contribution in [0.25, 0.3) is 0 Å². The van der Waals surface area contributed by atoms with Gasteiger partial charge in [-0.25, -0.2) is 0 Å². The van der Waals surface area contributed by atoms with E-state index in [9.17, 15) is 0 Å². The summed E-state index contributed by atoms with van der Waals surface area (Å²) in [5.74, 6) is 0. The third kappa shape index (κ3) is 3.98. The van der Waals surface area contributed by atoms with Gasteiger partial charge in [-0.05, 0) is 44.0 Å². The Hall–Kier alpha value is -0.580. The van der Waals surface area contributed by atoms with Gasteiger partial charge in [0.25, 0.3) is 0 Å². The molecule has 0 saturated heterocycles. The molecule has 0 heterocycles. The Labute approximate surface area is 112 Å². The minimum Gasteiger partial charge on any atom is -0.396 e. The second kappa shape index (κ2) is 6.99. The predicted molar refractivity (Wildman–Crippen MR) is 76.3 cm³/mol. The minimum absolute atomic E-state index is 0.00526. The van der Waals surface area contributed by atoms with Crippen LogP contribution in [0, 0.1) is 0 Å². The Bertz CT molecular complexity index is 355. The van der Waals surface area contributed by atoms with E-state index in [2.05, 4.69) is 39.9 Å². The van der Waals surface area contributed by atoms with E-state index in [0.29, 0.717) is 0 Å². The Morgan fingerprint density at radius 2 is 2.18 bits per heavy atom. The fourth-order valence-corrected chi connectivity index (χ4v) is 2.27. The highest BCUT2D eigenvalue weighted by atomic mass is 79.9. The van der Waals surface area contributed by atoms with Crippen molar-refractivity contribution in [2.24, 2.45) is 5.73 Å². The Balaban J connectivity index is 3.00. The number of benzene rings is 1. The van der Waals surface area contributed by atoms with Crippen LogP contribution in [-0.4, -0.2) is 24.8 Å². The van der Waals surface area contributed by atoms with Crippen molar-refractivity contribution in [3.8, 4) is 0 Å². The van der Waals surface area contributed by atoms with Gasteiger partial charge in [0.1, 0.15) is 0 Å². The van der Waals surface area contributed by atoms with E-state index in [-0.39, 0.29) is 12.6 Å². The summed E-state index contributed by atoms with van der Waals surface area (Å²) in [4.78, 5) is 2.25. The van der Waals surface area contributed by atoms with Crippen molar-refractivity contribution in [1.82, 2.24) is 0 Å². The van der Waals surface area contributed by atoms with Gasteiger partial charge in [-0.1, -0.05) is 15.9 Å². The second-order valence-corrected chi connectivity index (χ2v) is 5.06. The standard InChI is InChI=1S/C13H21BrN2O/c1-3-16(7-4-8-17)13-6-5-11(14)9-12(13)10(2)15/h5-6,9-10,17H,3-4,7-8,15H2,1-2H3. The van der Waals surface area contributed by atoms with Gasteiger partial charge >= 0.3 is 0 Å². The Morgan fingerprint density at radius 1 is 1.47 bits per heavy atom. The topological polar surface area (TPSA) is 49.5 Å². The molecule has 0 aliphatic rings. The molecule has 1 atom stereocenters. The highest BCUT2D eigenvalue weighted by Gasteiger charge is 2.12. The molecule has 0 bridgehead atoms. The molecule has 1 aromatic rings. The van der Waals surface area contributed by atoms with Crippen molar-refractivity contribution >= 4 is 21.6 Å².